The van der Waals surface area contributed by atoms with Gasteiger partial charge in [0, 0.05) is 30.5 Å². The first kappa shape index (κ1) is 33.7. The fourth-order valence-corrected chi connectivity index (χ4v) is 6.73. The van der Waals surface area contributed by atoms with E-state index in [-0.39, 0.29) is 25.0 Å². The summed E-state index contributed by atoms with van der Waals surface area (Å²) < 4.78 is 5.62. The van der Waals surface area contributed by atoms with Crippen LogP contribution < -0.4 is 16.0 Å². The molecule has 0 bridgehead atoms. The standard InChI is InChI=1S/C33H44ClN5O7/c1-32(2,3)27(37-31(44)45-22-10-5-6-11-22)30(43)39-18-33(16-24(38-46-33)20-8-7-9-21(34)15-20)17-25(39)28(41)36-23(14-19-12-13-19)26(40)29(42)35-4/h7-9,15,19,22-23,25,27H,5-6,10-14,16-18H2,1-4H3,(H,35,42)(H,36,41)(H,37,44)/t23-,25-,27+,33+/m0/s1. The van der Waals surface area contributed by atoms with Gasteiger partial charge < -0.3 is 30.4 Å². The van der Waals surface area contributed by atoms with Crippen LogP contribution in [-0.4, -0.2) is 83.6 Å². The van der Waals surface area contributed by atoms with Crippen molar-refractivity contribution in [2.45, 2.75) is 108 Å². The normalized spacial score (nSPS) is 24.2. The third-order valence-electron chi connectivity index (χ3n) is 9.28. The maximum atomic E-state index is 14.4. The number of Topliss-reactive ketones (excluding diaryl/α,β-unsaturated/α-hetero) is 1. The maximum absolute atomic E-state index is 14.4. The molecular weight excluding hydrogens is 614 g/mol. The van der Waals surface area contributed by atoms with E-state index in [9.17, 15) is 24.0 Å². The lowest BCUT2D eigenvalue weighted by atomic mass is 9.85. The molecule has 0 aromatic heterocycles. The minimum Gasteiger partial charge on any atom is -0.446 e. The maximum Gasteiger partial charge on any atom is 0.408 e. The lowest BCUT2D eigenvalue weighted by Gasteiger charge is -2.35. The number of benzene rings is 1. The summed E-state index contributed by atoms with van der Waals surface area (Å²) in [4.78, 5) is 74.1. The average Bonchev–Trinajstić information content (AvgIpc) is 3.36. The number of ketones is 1. The molecule has 5 rings (SSSR count). The molecule has 3 N–H and O–H groups in total. The molecule has 13 heteroatoms. The highest BCUT2D eigenvalue weighted by atomic mass is 35.5. The quantitative estimate of drug-likeness (QED) is 0.325. The van der Waals surface area contributed by atoms with Gasteiger partial charge in [-0.2, -0.15) is 0 Å². The Balaban J connectivity index is 1.40. The lowest BCUT2D eigenvalue weighted by molar-refractivity contribution is -0.144. The van der Waals surface area contributed by atoms with Crippen LogP contribution in [0.2, 0.25) is 5.02 Å². The van der Waals surface area contributed by atoms with E-state index in [4.69, 9.17) is 21.2 Å². The van der Waals surface area contributed by atoms with Gasteiger partial charge in [0.05, 0.1) is 18.3 Å². The highest BCUT2D eigenvalue weighted by Crippen LogP contribution is 2.40. The van der Waals surface area contributed by atoms with Crippen molar-refractivity contribution < 1.29 is 33.5 Å². The highest BCUT2D eigenvalue weighted by Gasteiger charge is 2.56. The Labute approximate surface area is 274 Å². The third kappa shape index (κ3) is 7.82. The second-order valence-electron chi connectivity index (χ2n) is 14.1. The molecule has 2 heterocycles. The van der Waals surface area contributed by atoms with E-state index in [1.54, 1.807) is 18.2 Å². The van der Waals surface area contributed by atoms with Crippen molar-refractivity contribution in [3.63, 3.8) is 0 Å². The van der Waals surface area contributed by atoms with Crippen LogP contribution in [-0.2, 0) is 28.8 Å². The topological polar surface area (TPSA) is 156 Å². The zero-order chi connectivity index (χ0) is 33.2. The molecule has 1 spiro atoms. The number of likely N-dealkylation sites (N-methyl/N-ethyl adjacent to an activating group) is 1. The van der Waals surface area contributed by atoms with Crippen molar-refractivity contribution in [3.8, 4) is 0 Å². The Morgan fingerprint density at radius 1 is 1.11 bits per heavy atom. The monoisotopic (exact) mass is 657 g/mol. The number of carbonyl (C=O) groups excluding carboxylic acids is 5. The summed E-state index contributed by atoms with van der Waals surface area (Å²) in [5.41, 5.74) is -0.382. The first-order valence-corrected chi connectivity index (χ1v) is 16.5. The SMILES string of the molecule is CNC(=O)C(=O)[C@H](CC1CC1)NC(=O)[C@@H]1C[C@]2(CC(c3cccc(Cl)c3)=NO2)CN1C(=O)[C@@H](NC(=O)OC1CCCC1)C(C)(C)C. The van der Waals surface area contributed by atoms with E-state index >= 15 is 0 Å². The number of oxime groups is 1. The van der Waals surface area contributed by atoms with Gasteiger partial charge in [-0.3, -0.25) is 19.2 Å². The van der Waals surface area contributed by atoms with Gasteiger partial charge >= 0.3 is 6.09 Å². The molecule has 0 radical (unpaired) electrons. The Hall–Kier alpha value is -3.67. The Bertz CT molecular complexity index is 1400. The number of rotatable bonds is 10. The summed E-state index contributed by atoms with van der Waals surface area (Å²) in [6.07, 6.45) is 5.21. The summed E-state index contributed by atoms with van der Waals surface area (Å²) in [6, 6.07) is 4.07. The third-order valence-corrected chi connectivity index (χ3v) is 9.52. The molecule has 2 aliphatic carbocycles. The van der Waals surface area contributed by atoms with Crippen LogP contribution in [0.5, 0.6) is 0 Å². The van der Waals surface area contributed by atoms with Gasteiger partial charge in [-0.05, 0) is 55.6 Å². The summed E-state index contributed by atoms with van der Waals surface area (Å²) in [5.74, 6) is -2.35. The number of halogens is 1. The number of hydrogen-bond donors (Lipinski definition) is 3. The molecule has 12 nitrogen and oxygen atoms in total. The van der Waals surface area contributed by atoms with Crippen molar-refractivity contribution >= 4 is 46.9 Å². The summed E-state index contributed by atoms with van der Waals surface area (Å²) in [5, 5.41) is 12.8. The Kier molecular flexibility index (Phi) is 9.95. The minimum atomic E-state index is -1.06. The van der Waals surface area contributed by atoms with E-state index in [1.165, 1.54) is 11.9 Å². The highest BCUT2D eigenvalue weighted by molar-refractivity contribution is 6.38. The largest absolute Gasteiger partial charge is 0.446 e. The Morgan fingerprint density at radius 2 is 1.83 bits per heavy atom. The van der Waals surface area contributed by atoms with Gasteiger partial charge in [-0.25, -0.2) is 4.79 Å². The molecule has 1 aromatic rings. The van der Waals surface area contributed by atoms with Gasteiger partial charge in [0.2, 0.25) is 17.6 Å². The molecule has 250 valence electrons. The zero-order valence-electron chi connectivity index (χ0n) is 26.9. The molecule has 2 aliphatic heterocycles. The van der Waals surface area contributed by atoms with E-state index < -0.39 is 58.7 Å². The zero-order valence-corrected chi connectivity index (χ0v) is 27.7. The van der Waals surface area contributed by atoms with Crippen LogP contribution in [0.3, 0.4) is 0 Å². The predicted octanol–water partition coefficient (Wildman–Crippen LogP) is 3.49. The summed E-state index contributed by atoms with van der Waals surface area (Å²) >= 11 is 6.22. The van der Waals surface area contributed by atoms with Crippen LogP contribution in [0.15, 0.2) is 29.4 Å². The van der Waals surface area contributed by atoms with Crippen LogP contribution in [0, 0.1) is 11.3 Å². The number of amides is 4. The van der Waals surface area contributed by atoms with Crippen LogP contribution >= 0.6 is 11.6 Å². The van der Waals surface area contributed by atoms with Crippen molar-refractivity contribution in [1.82, 2.24) is 20.9 Å². The van der Waals surface area contributed by atoms with Crippen LogP contribution in [0.25, 0.3) is 0 Å². The molecule has 4 amide bonds. The van der Waals surface area contributed by atoms with E-state index in [0.29, 0.717) is 23.6 Å². The molecule has 1 saturated heterocycles. The van der Waals surface area contributed by atoms with E-state index in [2.05, 4.69) is 21.1 Å². The number of hydrogen-bond acceptors (Lipinski definition) is 8. The molecular formula is C33H44ClN5O7. The first-order chi connectivity index (χ1) is 21.8. The van der Waals surface area contributed by atoms with Gasteiger partial charge in [-0.1, -0.05) is 62.5 Å². The smallest absolute Gasteiger partial charge is 0.408 e. The van der Waals surface area contributed by atoms with E-state index in [1.807, 2.05) is 26.8 Å². The number of alkyl carbamates (subject to hydrolysis) is 1. The van der Waals surface area contributed by atoms with Crippen molar-refractivity contribution in [2.24, 2.45) is 16.5 Å². The van der Waals surface area contributed by atoms with Crippen LogP contribution in [0.1, 0.15) is 84.1 Å². The summed E-state index contributed by atoms with van der Waals surface area (Å²) in [7, 11) is 1.36. The number of ether oxygens (including phenoxy) is 1. The predicted molar refractivity (Wildman–Crippen MR) is 170 cm³/mol. The first-order valence-electron chi connectivity index (χ1n) is 16.1. The number of nitrogens with one attached hydrogen (secondary N) is 3. The fourth-order valence-electron chi connectivity index (χ4n) is 6.54. The number of carbonyl (C=O) groups is 5. The molecule has 2 saturated carbocycles. The van der Waals surface area contributed by atoms with Crippen molar-refractivity contribution in [1.29, 1.82) is 0 Å². The van der Waals surface area contributed by atoms with Crippen LogP contribution in [0.4, 0.5) is 4.79 Å². The second kappa shape index (κ2) is 13.6. The molecule has 4 atom stereocenters. The average molecular weight is 658 g/mol. The van der Waals surface area contributed by atoms with E-state index in [0.717, 1.165) is 44.1 Å². The van der Waals surface area contributed by atoms with Gasteiger partial charge in [0.1, 0.15) is 18.2 Å². The molecule has 3 fully saturated rings. The van der Waals surface area contributed by atoms with Gasteiger partial charge in [-0.15, -0.1) is 0 Å². The van der Waals surface area contributed by atoms with Gasteiger partial charge in [0.25, 0.3) is 5.91 Å². The Morgan fingerprint density at radius 3 is 2.46 bits per heavy atom. The second-order valence-corrected chi connectivity index (χ2v) is 14.6. The molecule has 4 aliphatic rings. The summed E-state index contributed by atoms with van der Waals surface area (Å²) in [6.45, 7) is 5.49. The number of likely N-dealkylation sites (tertiary alicyclic amines) is 1. The van der Waals surface area contributed by atoms with Gasteiger partial charge in [0.15, 0.2) is 5.60 Å². The van der Waals surface area contributed by atoms with Crippen molar-refractivity contribution in [2.75, 3.05) is 13.6 Å². The molecule has 46 heavy (non-hydrogen) atoms. The lowest BCUT2D eigenvalue weighted by Crippen LogP contribution is -2.59. The molecule has 0 unspecified atom stereocenters. The molecule has 1 aromatic carbocycles. The fraction of sp³-hybridized carbons (Fsp3) is 0.636. The number of nitrogens with zero attached hydrogens (tertiary/aromatic N) is 2. The van der Waals surface area contributed by atoms with Crippen molar-refractivity contribution in [3.05, 3.63) is 34.9 Å². The minimum absolute atomic E-state index is 0.0140.